The topological polar surface area (TPSA) is 9.23 Å². The van der Waals surface area contributed by atoms with E-state index in [9.17, 15) is 0 Å². The Morgan fingerprint density at radius 1 is 1.10 bits per heavy atom. The molecule has 0 aliphatic heterocycles. The molecule has 2 rings (SSSR count). The normalized spacial score (nSPS) is 13.7. The number of methoxy groups -OCH3 is 1. The molecule has 0 aromatic heterocycles. The molecule has 2 aromatic rings. The van der Waals surface area contributed by atoms with Crippen molar-refractivity contribution >= 4 is 31.9 Å². The summed E-state index contributed by atoms with van der Waals surface area (Å²) in [4.78, 5) is 0. The van der Waals surface area contributed by atoms with Crippen LogP contribution in [0.5, 0.6) is 5.75 Å². The molecule has 2 aromatic carbocycles. The quantitative estimate of drug-likeness (QED) is 0.550. The van der Waals surface area contributed by atoms with Gasteiger partial charge in [-0.15, -0.1) is 0 Å². The fourth-order valence-corrected chi connectivity index (χ4v) is 4.16. The summed E-state index contributed by atoms with van der Waals surface area (Å²) in [5.74, 6) is 0.874. The van der Waals surface area contributed by atoms with Gasteiger partial charge in [-0.05, 0) is 52.0 Å². The summed E-state index contributed by atoms with van der Waals surface area (Å²) in [6.45, 7) is 2.26. The van der Waals surface area contributed by atoms with Crippen LogP contribution < -0.4 is 4.74 Å². The average Bonchev–Trinajstić information content (AvgIpc) is 2.54. The van der Waals surface area contributed by atoms with Crippen molar-refractivity contribution < 1.29 is 4.74 Å². The second kappa shape index (κ2) is 7.46. The van der Waals surface area contributed by atoms with Crippen molar-refractivity contribution in [3.63, 3.8) is 0 Å². The Balaban J connectivity index is 2.34. The summed E-state index contributed by atoms with van der Waals surface area (Å²) in [6, 6.07) is 17.1. The Labute approximate surface area is 144 Å². The molecular weight excluding hydrogens is 392 g/mol. The first-order valence-corrected chi connectivity index (χ1v) is 9.00. The number of alkyl halides is 1. The van der Waals surface area contributed by atoms with Gasteiger partial charge in [-0.1, -0.05) is 59.3 Å². The Bertz CT molecular complexity index is 577. The Kier molecular flexibility index (Phi) is 5.88. The van der Waals surface area contributed by atoms with Crippen LogP contribution in [0.2, 0.25) is 0 Å². The molecule has 21 heavy (non-hydrogen) atoms. The highest BCUT2D eigenvalue weighted by atomic mass is 79.9. The van der Waals surface area contributed by atoms with Gasteiger partial charge in [0.05, 0.1) is 11.6 Å². The average molecular weight is 412 g/mol. The minimum Gasteiger partial charge on any atom is -0.496 e. The second-order valence-corrected chi connectivity index (χ2v) is 6.69. The van der Waals surface area contributed by atoms with Crippen LogP contribution in [-0.2, 0) is 11.8 Å². The van der Waals surface area contributed by atoms with Gasteiger partial charge in [0.1, 0.15) is 5.75 Å². The van der Waals surface area contributed by atoms with Crippen LogP contribution in [0.4, 0.5) is 0 Å². The lowest BCUT2D eigenvalue weighted by atomic mass is 9.75. The number of hydrogen-bond acceptors (Lipinski definition) is 1. The smallest absolute Gasteiger partial charge is 0.133 e. The third kappa shape index (κ3) is 3.70. The molecule has 0 radical (unpaired) electrons. The zero-order valence-corrected chi connectivity index (χ0v) is 15.6. The van der Waals surface area contributed by atoms with Crippen LogP contribution in [0.15, 0.2) is 53.0 Å². The maximum absolute atomic E-state index is 5.31. The van der Waals surface area contributed by atoms with Gasteiger partial charge in [-0.2, -0.15) is 0 Å². The molecule has 3 heteroatoms. The molecule has 0 heterocycles. The summed E-state index contributed by atoms with van der Waals surface area (Å²) in [5, 5.41) is 0.949. The SMILES string of the molecule is CCC(CBr)(Cc1ccc(OC)c(Br)c1)c1ccccc1. The predicted molar refractivity (Wildman–Crippen MR) is 96.6 cm³/mol. The molecule has 1 nitrogen and oxygen atoms in total. The number of rotatable bonds is 6. The minimum absolute atomic E-state index is 0.120. The fraction of sp³-hybridized carbons (Fsp3) is 0.333. The van der Waals surface area contributed by atoms with Gasteiger partial charge in [-0.3, -0.25) is 0 Å². The van der Waals surface area contributed by atoms with E-state index in [1.807, 2.05) is 6.07 Å². The van der Waals surface area contributed by atoms with Crippen LogP contribution in [-0.4, -0.2) is 12.4 Å². The summed E-state index contributed by atoms with van der Waals surface area (Å²) in [5.41, 5.74) is 2.82. The van der Waals surface area contributed by atoms with Crippen LogP contribution >= 0.6 is 31.9 Å². The minimum atomic E-state index is 0.120. The highest BCUT2D eigenvalue weighted by Crippen LogP contribution is 2.35. The van der Waals surface area contributed by atoms with Gasteiger partial charge in [0, 0.05) is 10.7 Å². The van der Waals surface area contributed by atoms with E-state index < -0.39 is 0 Å². The summed E-state index contributed by atoms with van der Waals surface area (Å²) in [6.07, 6.45) is 2.09. The van der Waals surface area contributed by atoms with Crippen LogP contribution in [0, 0.1) is 0 Å². The molecule has 0 aliphatic rings. The van der Waals surface area contributed by atoms with Crippen LogP contribution in [0.1, 0.15) is 24.5 Å². The Morgan fingerprint density at radius 2 is 1.81 bits per heavy atom. The maximum atomic E-state index is 5.31. The highest BCUT2D eigenvalue weighted by Gasteiger charge is 2.29. The molecule has 0 amide bonds. The second-order valence-electron chi connectivity index (χ2n) is 5.28. The number of halogens is 2. The van der Waals surface area contributed by atoms with E-state index in [0.29, 0.717) is 0 Å². The molecule has 0 saturated heterocycles. The van der Waals surface area contributed by atoms with E-state index >= 15 is 0 Å². The van der Waals surface area contributed by atoms with Crippen molar-refractivity contribution in [1.82, 2.24) is 0 Å². The standard InChI is InChI=1S/C18H20Br2O/c1-3-18(13-19,15-7-5-4-6-8-15)12-14-9-10-17(21-2)16(20)11-14/h4-11H,3,12-13H2,1-2H3. The van der Waals surface area contributed by atoms with Gasteiger partial charge in [-0.25, -0.2) is 0 Å². The first kappa shape index (κ1) is 16.6. The van der Waals surface area contributed by atoms with Crippen molar-refractivity contribution in [2.75, 3.05) is 12.4 Å². The molecule has 0 aliphatic carbocycles. The van der Waals surface area contributed by atoms with Gasteiger partial charge in [0.2, 0.25) is 0 Å². The number of ether oxygens (including phenoxy) is 1. The lowest BCUT2D eigenvalue weighted by Crippen LogP contribution is -2.30. The monoisotopic (exact) mass is 410 g/mol. The van der Waals surface area contributed by atoms with Gasteiger partial charge in [0.25, 0.3) is 0 Å². The first-order chi connectivity index (χ1) is 10.1. The van der Waals surface area contributed by atoms with E-state index in [1.54, 1.807) is 7.11 Å². The Morgan fingerprint density at radius 3 is 2.33 bits per heavy atom. The fourth-order valence-electron chi connectivity index (χ4n) is 2.65. The molecule has 0 fully saturated rings. The summed E-state index contributed by atoms with van der Waals surface area (Å²) >= 11 is 7.32. The largest absolute Gasteiger partial charge is 0.496 e. The summed E-state index contributed by atoms with van der Waals surface area (Å²) < 4.78 is 6.32. The lowest BCUT2D eigenvalue weighted by molar-refractivity contribution is 0.411. The van der Waals surface area contributed by atoms with Crippen molar-refractivity contribution in [1.29, 1.82) is 0 Å². The van der Waals surface area contributed by atoms with Crippen molar-refractivity contribution in [3.8, 4) is 5.75 Å². The maximum Gasteiger partial charge on any atom is 0.133 e. The van der Waals surface area contributed by atoms with E-state index in [-0.39, 0.29) is 5.41 Å². The lowest BCUT2D eigenvalue weighted by Gasteiger charge is -2.32. The van der Waals surface area contributed by atoms with Crippen molar-refractivity contribution in [2.24, 2.45) is 0 Å². The highest BCUT2D eigenvalue weighted by molar-refractivity contribution is 9.10. The Hall–Kier alpha value is -0.800. The molecular formula is C18H20Br2O. The molecule has 0 N–H and O–H groups in total. The van der Waals surface area contributed by atoms with Crippen molar-refractivity contribution in [3.05, 3.63) is 64.1 Å². The van der Waals surface area contributed by atoms with Gasteiger partial charge in [0.15, 0.2) is 0 Å². The van der Waals surface area contributed by atoms with Gasteiger partial charge < -0.3 is 4.74 Å². The number of benzene rings is 2. The van der Waals surface area contributed by atoms with Crippen LogP contribution in [0.3, 0.4) is 0 Å². The van der Waals surface area contributed by atoms with E-state index in [2.05, 4.69) is 81.2 Å². The molecule has 112 valence electrons. The molecule has 0 bridgehead atoms. The van der Waals surface area contributed by atoms with Gasteiger partial charge >= 0.3 is 0 Å². The number of hydrogen-bond donors (Lipinski definition) is 0. The zero-order chi connectivity index (χ0) is 15.3. The third-order valence-electron chi connectivity index (χ3n) is 4.08. The van der Waals surface area contributed by atoms with E-state index in [4.69, 9.17) is 4.74 Å². The first-order valence-electron chi connectivity index (χ1n) is 7.09. The molecule has 1 atom stereocenters. The molecule has 0 spiro atoms. The van der Waals surface area contributed by atoms with E-state index in [0.717, 1.165) is 28.4 Å². The third-order valence-corrected chi connectivity index (χ3v) is 5.77. The van der Waals surface area contributed by atoms with Crippen molar-refractivity contribution in [2.45, 2.75) is 25.2 Å². The van der Waals surface area contributed by atoms with Crippen LogP contribution in [0.25, 0.3) is 0 Å². The van der Waals surface area contributed by atoms with E-state index in [1.165, 1.54) is 11.1 Å². The summed E-state index contributed by atoms with van der Waals surface area (Å²) in [7, 11) is 1.69. The predicted octanol–water partition coefficient (Wildman–Crippen LogP) is 5.74. The molecule has 0 saturated carbocycles. The molecule has 1 unspecified atom stereocenters. The zero-order valence-electron chi connectivity index (χ0n) is 12.4.